The van der Waals surface area contributed by atoms with Crippen molar-refractivity contribution in [2.45, 2.75) is 6.92 Å². The minimum Gasteiger partial charge on any atom is -0.399 e. The molecule has 1 aromatic rings. The van der Waals surface area contributed by atoms with E-state index in [1.807, 2.05) is 19.1 Å². The largest absolute Gasteiger partial charge is 0.399 e. The van der Waals surface area contributed by atoms with Gasteiger partial charge in [0.25, 0.3) is 0 Å². The van der Waals surface area contributed by atoms with Crippen molar-refractivity contribution >= 4 is 23.6 Å². The van der Waals surface area contributed by atoms with Crippen molar-refractivity contribution in [1.82, 2.24) is 9.80 Å². The first kappa shape index (κ1) is 15.8. The zero-order valence-corrected chi connectivity index (χ0v) is 12.2. The Morgan fingerprint density at radius 1 is 1.20 bits per heavy atom. The lowest BCUT2D eigenvalue weighted by molar-refractivity contribution is -0.136. The Balaban J connectivity index is 2.67. The molecule has 0 bridgehead atoms. The van der Waals surface area contributed by atoms with E-state index in [0.29, 0.717) is 12.2 Å². The molecule has 2 N–H and O–H groups in total. The van der Waals surface area contributed by atoms with Crippen molar-refractivity contribution in [3.8, 4) is 0 Å². The van der Waals surface area contributed by atoms with E-state index in [4.69, 9.17) is 5.73 Å². The van der Waals surface area contributed by atoms with Crippen LogP contribution in [0, 0.1) is 0 Å². The number of carbonyl (C=O) groups excluding carboxylic acids is 2. The van der Waals surface area contributed by atoms with E-state index < -0.39 is 0 Å². The topological polar surface area (TPSA) is 66.6 Å². The lowest BCUT2D eigenvalue weighted by atomic mass is 10.2. The monoisotopic (exact) mass is 275 g/mol. The highest BCUT2D eigenvalue weighted by Crippen LogP contribution is 2.07. The summed E-state index contributed by atoms with van der Waals surface area (Å²) in [5, 5.41) is 0. The molecule has 0 saturated heterocycles. The van der Waals surface area contributed by atoms with Gasteiger partial charge < -0.3 is 15.5 Å². The molecule has 0 spiro atoms. The molecular formula is C15H21N3O2. The molecule has 5 nitrogen and oxygen atoms in total. The molecule has 0 fully saturated rings. The second-order valence-corrected chi connectivity index (χ2v) is 4.64. The van der Waals surface area contributed by atoms with Gasteiger partial charge in [0.2, 0.25) is 11.8 Å². The molecule has 1 aromatic carbocycles. The first-order valence-corrected chi connectivity index (χ1v) is 6.46. The van der Waals surface area contributed by atoms with Gasteiger partial charge in [0.1, 0.15) is 0 Å². The summed E-state index contributed by atoms with van der Waals surface area (Å²) in [6, 6.07) is 7.22. The van der Waals surface area contributed by atoms with Gasteiger partial charge >= 0.3 is 0 Å². The van der Waals surface area contributed by atoms with Crippen LogP contribution in [0.4, 0.5) is 5.69 Å². The number of carbonyl (C=O) groups is 2. The number of nitrogen functional groups attached to an aromatic ring is 1. The normalized spacial score (nSPS) is 10.6. The summed E-state index contributed by atoms with van der Waals surface area (Å²) in [5.41, 5.74) is 7.17. The van der Waals surface area contributed by atoms with Crippen LogP contribution in [-0.4, -0.2) is 48.8 Å². The number of benzene rings is 1. The maximum absolute atomic E-state index is 12.0. The van der Waals surface area contributed by atoms with Gasteiger partial charge in [0, 0.05) is 32.4 Å². The number of nitrogens with two attached hydrogens (primary N) is 1. The van der Waals surface area contributed by atoms with Gasteiger partial charge in [0.05, 0.1) is 6.54 Å². The lowest BCUT2D eigenvalue weighted by Crippen LogP contribution is -2.39. The van der Waals surface area contributed by atoms with Crippen LogP contribution in [0.2, 0.25) is 0 Å². The van der Waals surface area contributed by atoms with Crippen molar-refractivity contribution in [3.05, 3.63) is 35.9 Å². The minimum absolute atomic E-state index is 0.0917. The van der Waals surface area contributed by atoms with Crippen molar-refractivity contribution in [2.75, 3.05) is 32.9 Å². The second kappa shape index (κ2) is 7.33. The molecule has 1 rings (SSSR count). The van der Waals surface area contributed by atoms with Gasteiger partial charge in [-0.15, -0.1) is 0 Å². The fraction of sp³-hybridized carbons (Fsp3) is 0.333. The highest BCUT2D eigenvalue weighted by atomic mass is 16.2. The van der Waals surface area contributed by atoms with Gasteiger partial charge in [-0.25, -0.2) is 0 Å². The zero-order chi connectivity index (χ0) is 15.1. The summed E-state index contributed by atoms with van der Waals surface area (Å²) in [4.78, 5) is 26.6. The van der Waals surface area contributed by atoms with Crippen LogP contribution in [-0.2, 0) is 9.59 Å². The van der Waals surface area contributed by atoms with Crippen molar-refractivity contribution in [3.63, 3.8) is 0 Å². The number of anilines is 1. The molecule has 0 aliphatic carbocycles. The molecule has 0 saturated carbocycles. The molecule has 0 aliphatic heterocycles. The van der Waals surface area contributed by atoms with Gasteiger partial charge in [-0.1, -0.05) is 12.1 Å². The van der Waals surface area contributed by atoms with Crippen molar-refractivity contribution < 1.29 is 9.59 Å². The molecular weight excluding hydrogens is 254 g/mol. The van der Waals surface area contributed by atoms with E-state index in [-0.39, 0.29) is 18.4 Å². The summed E-state index contributed by atoms with van der Waals surface area (Å²) in [6.07, 6.45) is 3.18. The Labute approximate surface area is 119 Å². The Morgan fingerprint density at radius 3 is 2.30 bits per heavy atom. The van der Waals surface area contributed by atoms with Crippen LogP contribution in [0.1, 0.15) is 12.5 Å². The van der Waals surface area contributed by atoms with Crippen LogP contribution in [0.25, 0.3) is 6.08 Å². The Hall–Kier alpha value is -2.30. The van der Waals surface area contributed by atoms with Gasteiger partial charge in [-0.2, -0.15) is 0 Å². The van der Waals surface area contributed by atoms with E-state index in [0.717, 1.165) is 5.56 Å². The molecule has 20 heavy (non-hydrogen) atoms. The van der Waals surface area contributed by atoms with E-state index in [9.17, 15) is 9.59 Å². The quantitative estimate of drug-likeness (QED) is 0.649. The maximum atomic E-state index is 12.0. The van der Waals surface area contributed by atoms with Crippen LogP contribution < -0.4 is 5.73 Å². The summed E-state index contributed by atoms with van der Waals surface area (Å²) in [5.74, 6) is -0.277. The van der Waals surface area contributed by atoms with Crippen LogP contribution in [0.3, 0.4) is 0 Å². The molecule has 0 unspecified atom stereocenters. The number of amides is 2. The average molecular weight is 275 g/mol. The summed E-state index contributed by atoms with van der Waals surface area (Å²) in [6.45, 7) is 2.43. The second-order valence-electron chi connectivity index (χ2n) is 4.64. The first-order chi connectivity index (χ1) is 9.43. The molecule has 0 atom stereocenters. The lowest BCUT2D eigenvalue weighted by Gasteiger charge is -2.20. The van der Waals surface area contributed by atoms with E-state index in [2.05, 4.69) is 0 Å². The van der Waals surface area contributed by atoms with Crippen LogP contribution in [0.5, 0.6) is 0 Å². The predicted molar refractivity (Wildman–Crippen MR) is 80.8 cm³/mol. The summed E-state index contributed by atoms with van der Waals surface area (Å²) < 4.78 is 0. The maximum Gasteiger partial charge on any atom is 0.247 e. The molecule has 0 radical (unpaired) electrons. The molecule has 0 heterocycles. The first-order valence-electron chi connectivity index (χ1n) is 6.46. The Morgan fingerprint density at radius 2 is 1.80 bits per heavy atom. The third-order valence-corrected chi connectivity index (χ3v) is 2.87. The van der Waals surface area contributed by atoms with Crippen molar-refractivity contribution in [2.24, 2.45) is 0 Å². The van der Waals surface area contributed by atoms with Crippen molar-refractivity contribution in [1.29, 1.82) is 0 Å². The standard InChI is InChI=1S/C15H21N3O2/c1-4-18(11-15(20)17(2)3)14(19)10-7-12-5-8-13(16)9-6-12/h5-10H,4,11,16H2,1-3H3/b10-7+. The predicted octanol–water partition coefficient (Wildman–Crippen LogP) is 1.22. The highest BCUT2D eigenvalue weighted by molar-refractivity contribution is 5.94. The number of nitrogens with zero attached hydrogens (tertiary/aromatic N) is 2. The van der Waals surface area contributed by atoms with E-state index in [1.54, 1.807) is 32.3 Å². The molecule has 5 heteroatoms. The third-order valence-electron chi connectivity index (χ3n) is 2.87. The zero-order valence-electron chi connectivity index (χ0n) is 12.2. The fourth-order valence-electron chi connectivity index (χ4n) is 1.53. The smallest absolute Gasteiger partial charge is 0.247 e. The van der Waals surface area contributed by atoms with Gasteiger partial charge in [-0.05, 0) is 30.7 Å². The van der Waals surface area contributed by atoms with Crippen LogP contribution in [0.15, 0.2) is 30.3 Å². The summed E-state index contributed by atoms with van der Waals surface area (Å²) >= 11 is 0. The number of rotatable bonds is 5. The SMILES string of the molecule is CCN(CC(=O)N(C)C)C(=O)/C=C/c1ccc(N)cc1. The van der Waals surface area contributed by atoms with E-state index >= 15 is 0 Å². The Kier molecular flexibility index (Phi) is 5.77. The number of hydrogen-bond donors (Lipinski definition) is 1. The number of likely N-dealkylation sites (N-methyl/N-ethyl adjacent to an activating group) is 2. The van der Waals surface area contributed by atoms with Gasteiger partial charge in [-0.3, -0.25) is 9.59 Å². The number of hydrogen-bond acceptors (Lipinski definition) is 3. The molecule has 2 amide bonds. The Bertz CT molecular complexity index is 492. The fourth-order valence-corrected chi connectivity index (χ4v) is 1.53. The highest BCUT2D eigenvalue weighted by Gasteiger charge is 2.14. The van der Waals surface area contributed by atoms with Crippen LogP contribution >= 0.6 is 0 Å². The molecule has 0 aliphatic rings. The molecule has 0 aromatic heterocycles. The summed E-state index contributed by atoms with van der Waals surface area (Å²) in [7, 11) is 3.34. The van der Waals surface area contributed by atoms with E-state index in [1.165, 1.54) is 15.9 Å². The molecule has 108 valence electrons. The minimum atomic E-state index is -0.181. The van der Waals surface area contributed by atoms with Gasteiger partial charge in [0.15, 0.2) is 0 Å². The average Bonchev–Trinajstić information content (AvgIpc) is 2.43. The third kappa shape index (κ3) is 4.76.